The average molecular weight is 387 g/mol. The molecule has 0 radical (unpaired) electrons. The highest BCUT2D eigenvalue weighted by molar-refractivity contribution is 5.87. The number of hydrogen-bond donors (Lipinski definition) is 4. The molecule has 27 heavy (non-hydrogen) atoms. The van der Waals surface area contributed by atoms with Crippen LogP contribution in [0.25, 0.3) is 0 Å². The zero-order chi connectivity index (χ0) is 20.5. The van der Waals surface area contributed by atoms with Crippen molar-refractivity contribution >= 4 is 17.8 Å². The summed E-state index contributed by atoms with van der Waals surface area (Å²) in [6, 6.07) is 0. The van der Waals surface area contributed by atoms with Crippen molar-refractivity contribution < 1.29 is 34.2 Å². The molecule has 0 saturated carbocycles. The first kappa shape index (κ1) is 25.1. The van der Waals surface area contributed by atoms with Gasteiger partial charge in [0.2, 0.25) is 5.91 Å². The Morgan fingerprint density at radius 2 is 1.52 bits per heavy atom. The molecule has 0 bridgehead atoms. The van der Waals surface area contributed by atoms with E-state index in [1.807, 2.05) is 6.08 Å². The fourth-order valence-electron chi connectivity index (χ4n) is 3.00. The van der Waals surface area contributed by atoms with E-state index in [1.54, 1.807) is 0 Å². The molecular formula is C19H35N2O6+. The van der Waals surface area contributed by atoms with Crippen LogP contribution in [0.5, 0.6) is 0 Å². The molecule has 0 aliphatic heterocycles. The molecule has 0 aromatic heterocycles. The summed E-state index contributed by atoms with van der Waals surface area (Å²) in [5.74, 6) is -1.94. The second kappa shape index (κ2) is 15.2. The molecule has 0 aliphatic rings. The Hall–Kier alpha value is -1.93. The SMILES string of the molecule is CCCC/C=C/C(=O)NCC[N+](CCO)(CCCC(=O)O)CCCC(=O)O. The van der Waals surface area contributed by atoms with Gasteiger partial charge in [-0.3, -0.25) is 14.4 Å². The van der Waals surface area contributed by atoms with Crippen molar-refractivity contribution in [1.29, 1.82) is 0 Å². The quantitative estimate of drug-likeness (QED) is 0.170. The van der Waals surface area contributed by atoms with Crippen LogP contribution in [-0.4, -0.2) is 77.0 Å². The van der Waals surface area contributed by atoms with E-state index in [-0.39, 0.29) is 25.4 Å². The number of carboxylic acids is 2. The van der Waals surface area contributed by atoms with Gasteiger partial charge in [0.15, 0.2) is 0 Å². The zero-order valence-electron chi connectivity index (χ0n) is 16.4. The molecule has 0 unspecified atom stereocenters. The van der Waals surface area contributed by atoms with Crippen molar-refractivity contribution in [3.05, 3.63) is 12.2 Å². The Labute approximate surface area is 161 Å². The Kier molecular flexibility index (Phi) is 14.1. The summed E-state index contributed by atoms with van der Waals surface area (Å²) in [6.45, 7) is 4.36. The van der Waals surface area contributed by atoms with Gasteiger partial charge in [-0.2, -0.15) is 0 Å². The van der Waals surface area contributed by atoms with Crippen molar-refractivity contribution in [3.63, 3.8) is 0 Å². The van der Waals surface area contributed by atoms with E-state index in [4.69, 9.17) is 10.2 Å². The zero-order valence-corrected chi connectivity index (χ0v) is 16.4. The Balaban J connectivity index is 4.71. The minimum atomic E-state index is -0.881. The first-order valence-electron chi connectivity index (χ1n) is 9.69. The summed E-state index contributed by atoms with van der Waals surface area (Å²) in [6.07, 6.45) is 7.25. The maximum absolute atomic E-state index is 11.8. The number of aliphatic hydroxyl groups is 1. The number of carbonyl (C=O) groups excluding carboxylic acids is 1. The lowest BCUT2D eigenvalue weighted by Gasteiger charge is -2.38. The number of nitrogens with one attached hydrogen (secondary N) is 1. The van der Waals surface area contributed by atoms with Crippen LogP contribution in [0.1, 0.15) is 51.9 Å². The van der Waals surface area contributed by atoms with Crippen molar-refractivity contribution in [1.82, 2.24) is 5.32 Å². The summed E-state index contributed by atoms with van der Waals surface area (Å²) in [4.78, 5) is 33.4. The molecule has 8 heteroatoms. The minimum Gasteiger partial charge on any atom is -0.481 e. The highest BCUT2D eigenvalue weighted by Gasteiger charge is 2.26. The smallest absolute Gasteiger partial charge is 0.303 e. The Bertz CT molecular complexity index is 459. The van der Waals surface area contributed by atoms with Gasteiger partial charge >= 0.3 is 11.9 Å². The number of nitrogens with zero attached hydrogens (tertiary/aromatic N) is 1. The number of hydrogen-bond acceptors (Lipinski definition) is 4. The maximum atomic E-state index is 11.8. The number of quaternary nitrogens is 1. The lowest BCUT2D eigenvalue weighted by atomic mass is 10.2. The van der Waals surface area contributed by atoms with Gasteiger partial charge in [0, 0.05) is 12.8 Å². The third-order valence-corrected chi connectivity index (χ3v) is 4.50. The van der Waals surface area contributed by atoms with E-state index in [2.05, 4.69) is 12.2 Å². The van der Waals surface area contributed by atoms with Gasteiger partial charge in [-0.15, -0.1) is 0 Å². The van der Waals surface area contributed by atoms with Gasteiger partial charge in [0.1, 0.15) is 6.54 Å². The number of aliphatic hydroxyl groups excluding tert-OH is 1. The van der Waals surface area contributed by atoms with E-state index in [0.717, 1.165) is 19.3 Å². The van der Waals surface area contributed by atoms with Crippen LogP contribution in [-0.2, 0) is 14.4 Å². The molecule has 1 amide bonds. The first-order valence-corrected chi connectivity index (χ1v) is 9.69. The molecular weight excluding hydrogens is 352 g/mol. The normalized spacial score (nSPS) is 11.6. The van der Waals surface area contributed by atoms with E-state index < -0.39 is 11.9 Å². The van der Waals surface area contributed by atoms with Crippen LogP contribution < -0.4 is 5.32 Å². The fourth-order valence-corrected chi connectivity index (χ4v) is 3.00. The molecule has 0 aliphatic carbocycles. The molecule has 0 atom stereocenters. The number of rotatable bonds is 17. The maximum Gasteiger partial charge on any atom is 0.303 e. The molecule has 0 fully saturated rings. The van der Waals surface area contributed by atoms with Gasteiger partial charge in [0.05, 0.1) is 45.6 Å². The predicted molar refractivity (Wildman–Crippen MR) is 102 cm³/mol. The predicted octanol–water partition coefficient (Wildman–Crippen LogP) is 1.39. The van der Waals surface area contributed by atoms with Gasteiger partial charge in [-0.25, -0.2) is 0 Å². The number of allylic oxidation sites excluding steroid dienone is 1. The highest BCUT2D eigenvalue weighted by atomic mass is 16.4. The van der Waals surface area contributed by atoms with E-state index >= 15 is 0 Å². The third kappa shape index (κ3) is 13.9. The fraction of sp³-hybridized carbons (Fsp3) is 0.737. The number of amides is 1. The minimum absolute atomic E-state index is 0.0247. The van der Waals surface area contributed by atoms with E-state index in [9.17, 15) is 19.5 Å². The van der Waals surface area contributed by atoms with Gasteiger partial charge in [-0.05, 0) is 12.5 Å². The van der Waals surface area contributed by atoms with Crippen molar-refractivity contribution in [3.8, 4) is 0 Å². The molecule has 0 saturated heterocycles. The Morgan fingerprint density at radius 1 is 0.926 bits per heavy atom. The van der Waals surface area contributed by atoms with Crippen LogP contribution in [0.3, 0.4) is 0 Å². The number of carbonyl (C=O) groups is 3. The summed E-state index contributed by atoms with van der Waals surface area (Å²) in [5.41, 5.74) is 0. The van der Waals surface area contributed by atoms with Gasteiger partial charge in [0.25, 0.3) is 0 Å². The number of carboxylic acid groups (broad SMARTS) is 2. The van der Waals surface area contributed by atoms with E-state index in [1.165, 1.54) is 6.08 Å². The van der Waals surface area contributed by atoms with E-state index in [0.29, 0.717) is 50.0 Å². The molecule has 156 valence electrons. The summed E-state index contributed by atoms with van der Waals surface area (Å²) < 4.78 is 0.400. The largest absolute Gasteiger partial charge is 0.481 e. The number of aliphatic carboxylic acids is 2. The van der Waals surface area contributed by atoms with Crippen LogP contribution in [0.15, 0.2) is 12.2 Å². The molecule has 0 aromatic carbocycles. The summed E-state index contributed by atoms with van der Waals surface area (Å²) >= 11 is 0. The monoisotopic (exact) mass is 387 g/mol. The first-order chi connectivity index (χ1) is 12.8. The summed E-state index contributed by atoms with van der Waals surface area (Å²) in [5, 5.41) is 30.0. The second-order valence-corrected chi connectivity index (χ2v) is 6.79. The molecule has 4 N–H and O–H groups in total. The van der Waals surface area contributed by atoms with Crippen molar-refractivity contribution in [2.75, 3.05) is 39.3 Å². The highest BCUT2D eigenvalue weighted by Crippen LogP contribution is 2.12. The van der Waals surface area contributed by atoms with Gasteiger partial charge < -0.3 is 25.1 Å². The number of unbranched alkanes of at least 4 members (excludes halogenated alkanes) is 2. The van der Waals surface area contributed by atoms with Crippen LogP contribution in [0.4, 0.5) is 0 Å². The molecule has 8 nitrogen and oxygen atoms in total. The van der Waals surface area contributed by atoms with Crippen molar-refractivity contribution in [2.24, 2.45) is 0 Å². The summed E-state index contributed by atoms with van der Waals surface area (Å²) in [7, 11) is 0. The van der Waals surface area contributed by atoms with Crippen molar-refractivity contribution in [2.45, 2.75) is 51.9 Å². The molecule has 0 rings (SSSR count). The van der Waals surface area contributed by atoms with Crippen LogP contribution in [0, 0.1) is 0 Å². The average Bonchev–Trinajstić information content (AvgIpc) is 2.58. The second-order valence-electron chi connectivity index (χ2n) is 6.79. The molecule has 0 aromatic rings. The standard InChI is InChI=1S/C19H34N2O6/c1-2-3-4-5-8-17(23)20-11-14-21(15-16-22,12-6-9-18(24)25)13-7-10-19(26)27/h5,8,22H,2-4,6-7,9-16H2,1H3,(H2-,20,23,24,25,26,27)/p+1/b8-5+. The van der Waals surface area contributed by atoms with Gasteiger partial charge in [-0.1, -0.05) is 25.8 Å². The lowest BCUT2D eigenvalue weighted by molar-refractivity contribution is -0.927. The van der Waals surface area contributed by atoms with Crippen LogP contribution in [0.2, 0.25) is 0 Å². The Morgan fingerprint density at radius 3 is 2.00 bits per heavy atom. The lowest BCUT2D eigenvalue weighted by Crippen LogP contribution is -2.54. The van der Waals surface area contributed by atoms with Crippen LogP contribution >= 0.6 is 0 Å². The molecule has 0 heterocycles. The molecule has 0 spiro atoms. The topological polar surface area (TPSA) is 124 Å². The third-order valence-electron chi connectivity index (χ3n) is 4.50.